The Balaban J connectivity index is 1.59. The average Bonchev–Trinajstić information content (AvgIpc) is 3.37. The van der Waals surface area contributed by atoms with Crippen molar-refractivity contribution in [3.8, 4) is 17.3 Å². The maximum absolute atomic E-state index is 13.0. The van der Waals surface area contributed by atoms with Gasteiger partial charge in [-0.15, -0.1) is 11.3 Å². The summed E-state index contributed by atoms with van der Waals surface area (Å²) in [5.74, 6) is -0.354. The molecule has 4 rings (SSSR count). The van der Waals surface area contributed by atoms with Crippen molar-refractivity contribution in [1.82, 2.24) is 5.16 Å². The molecule has 2 aromatic heterocycles. The molecule has 148 valence electrons. The number of anilines is 2. The monoisotopic (exact) mass is 434 g/mol. The number of hydrogen-bond acceptors (Lipinski definition) is 7. The van der Waals surface area contributed by atoms with Gasteiger partial charge in [-0.1, -0.05) is 59.2 Å². The Hall–Kier alpha value is -3.60. The molecule has 2 aromatic carbocycles. The molecule has 0 saturated carbocycles. The summed E-state index contributed by atoms with van der Waals surface area (Å²) in [6, 6.07) is 20.4. The summed E-state index contributed by atoms with van der Waals surface area (Å²) in [4.78, 5) is 13.2. The highest BCUT2D eigenvalue weighted by atomic mass is 35.5. The number of nitrogens with zero attached hydrogens (tertiary/aromatic N) is 2. The van der Waals surface area contributed by atoms with Gasteiger partial charge in [0.2, 0.25) is 11.5 Å². The highest BCUT2D eigenvalue weighted by molar-refractivity contribution is 7.19. The van der Waals surface area contributed by atoms with Crippen LogP contribution in [0, 0.1) is 11.3 Å². The van der Waals surface area contributed by atoms with Gasteiger partial charge in [-0.05, 0) is 17.7 Å². The molecule has 6 nitrogen and oxygen atoms in total. The van der Waals surface area contributed by atoms with Gasteiger partial charge in [0.25, 0.3) is 0 Å². The van der Waals surface area contributed by atoms with Crippen LogP contribution in [0.1, 0.15) is 26.6 Å². The van der Waals surface area contributed by atoms with Gasteiger partial charge in [-0.2, -0.15) is 5.26 Å². The predicted octanol–water partition coefficient (Wildman–Crippen LogP) is 5.35. The Kier molecular flexibility index (Phi) is 5.53. The molecule has 0 spiro atoms. The third kappa shape index (κ3) is 3.92. The fraction of sp³-hybridized carbons (Fsp3) is 0.0455. The van der Waals surface area contributed by atoms with Crippen molar-refractivity contribution in [3.63, 3.8) is 0 Å². The number of aromatic nitrogens is 1. The summed E-state index contributed by atoms with van der Waals surface area (Å²) in [5, 5.41) is 17.8. The highest BCUT2D eigenvalue weighted by Gasteiger charge is 2.25. The third-order valence-electron chi connectivity index (χ3n) is 4.41. The number of nitriles is 1. The van der Waals surface area contributed by atoms with Crippen molar-refractivity contribution in [1.29, 1.82) is 5.26 Å². The Morgan fingerprint density at radius 3 is 2.73 bits per heavy atom. The molecular weight excluding hydrogens is 420 g/mol. The van der Waals surface area contributed by atoms with Crippen molar-refractivity contribution in [3.05, 3.63) is 87.5 Å². The summed E-state index contributed by atoms with van der Waals surface area (Å²) >= 11 is 7.12. The number of carbonyl (C=O) groups excluding carboxylic acids is 1. The molecule has 4 aromatic rings. The van der Waals surface area contributed by atoms with Crippen LogP contribution >= 0.6 is 22.9 Å². The standard InChI is InChI=1S/C22H15ClN4O2S/c23-15-8-4-5-13(9-15)12-26-22-16(11-24)19(25)21(30-22)20(28)18-10-17(27-29-18)14-6-2-1-3-7-14/h1-10,26H,12,25H2. The topological polar surface area (TPSA) is 105 Å². The molecule has 0 radical (unpaired) electrons. The van der Waals surface area contributed by atoms with E-state index in [-0.39, 0.29) is 21.9 Å². The fourth-order valence-electron chi connectivity index (χ4n) is 2.92. The second kappa shape index (κ2) is 8.41. The van der Waals surface area contributed by atoms with Crippen LogP contribution in [-0.4, -0.2) is 10.9 Å². The Morgan fingerprint density at radius 2 is 2.00 bits per heavy atom. The molecule has 0 fully saturated rings. The SMILES string of the molecule is N#Cc1c(NCc2cccc(Cl)c2)sc(C(=O)c2cc(-c3ccccc3)no2)c1N. The molecule has 0 aliphatic heterocycles. The number of thiophene rings is 1. The molecule has 0 saturated heterocycles. The van der Waals surface area contributed by atoms with E-state index in [4.69, 9.17) is 21.9 Å². The van der Waals surface area contributed by atoms with Gasteiger partial charge >= 0.3 is 0 Å². The molecule has 8 heteroatoms. The molecule has 30 heavy (non-hydrogen) atoms. The van der Waals surface area contributed by atoms with E-state index >= 15 is 0 Å². The number of rotatable bonds is 6. The molecule has 2 heterocycles. The number of nitrogen functional groups attached to an aromatic ring is 1. The van der Waals surface area contributed by atoms with Crippen molar-refractivity contribution >= 4 is 39.4 Å². The average molecular weight is 435 g/mol. The zero-order valence-electron chi connectivity index (χ0n) is 15.6. The van der Waals surface area contributed by atoms with E-state index in [1.807, 2.05) is 48.5 Å². The maximum atomic E-state index is 13.0. The molecular formula is C22H15ClN4O2S. The molecule has 0 unspecified atom stereocenters. The van der Waals surface area contributed by atoms with Crippen LogP contribution in [0.3, 0.4) is 0 Å². The van der Waals surface area contributed by atoms with Crippen molar-refractivity contribution in [2.75, 3.05) is 11.1 Å². The molecule has 0 amide bonds. The van der Waals surface area contributed by atoms with E-state index in [0.717, 1.165) is 22.5 Å². The van der Waals surface area contributed by atoms with E-state index in [9.17, 15) is 10.1 Å². The Bertz CT molecular complexity index is 1260. The zero-order chi connectivity index (χ0) is 21.1. The molecule has 0 aliphatic rings. The van der Waals surface area contributed by atoms with E-state index in [0.29, 0.717) is 22.3 Å². The van der Waals surface area contributed by atoms with E-state index in [2.05, 4.69) is 16.5 Å². The second-order valence-corrected chi connectivity index (χ2v) is 7.87. The fourth-order valence-corrected chi connectivity index (χ4v) is 4.14. The first-order chi connectivity index (χ1) is 14.6. The number of hydrogen-bond donors (Lipinski definition) is 2. The van der Waals surface area contributed by atoms with E-state index < -0.39 is 5.78 Å². The number of carbonyl (C=O) groups is 1. The van der Waals surface area contributed by atoms with Gasteiger partial charge in [0.1, 0.15) is 27.2 Å². The van der Waals surface area contributed by atoms with Crippen LogP contribution in [-0.2, 0) is 6.54 Å². The predicted molar refractivity (Wildman–Crippen MR) is 118 cm³/mol. The summed E-state index contributed by atoms with van der Waals surface area (Å²) < 4.78 is 5.25. The lowest BCUT2D eigenvalue weighted by Gasteiger charge is -2.04. The summed E-state index contributed by atoms with van der Waals surface area (Å²) in [6.45, 7) is 0.434. The number of ketones is 1. The molecule has 3 N–H and O–H groups in total. The zero-order valence-corrected chi connectivity index (χ0v) is 17.1. The number of nitrogens with one attached hydrogen (secondary N) is 1. The van der Waals surface area contributed by atoms with Gasteiger partial charge in [0, 0.05) is 23.2 Å². The Morgan fingerprint density at radius 1 is 1.20 bits per heavy atom. The van der Waals surface area contributed by atoms with Gasteiger partial charge < -0.3 is 15.6 Å². The molecule has 0 atom stereocenters. The van der Waals surface area contributed by atoms with Gasteiger partial charge in [0.15, 0.2) is 0 Å². The normalized spacial score (nSPS) is 10.5. The largest absolute Gasteiger partial charge is 0.396 e. The first-order valence-electron chi connectivity index (χ1n) is 8.94. The van der Waals surface area contributed by atoms with Crippen molar-refractivity contribution in [2.24, 2.45) is 0 Å². The van der Waals surface area contributed by atoms with Crippen LogP contribution in [0.15, 0.2) is 65.2 Å². The first-order valence-corrected chi connectivity index (χ1v) is 10.1. The first kappa shape index (κ1) is 19.7. The summed E-state index contributed by atoms with van der Waals surface area (Å²) in [6.07, 6.45) is 0. The van der Waals surface area contributed by atoms with Gasteiger partial charge in [-0.3, -0.25) is 4.79 Å². The lowest BCUT2D eigenvalue weighted by Crippen LogP contribution is -2.01. The molecule has 0 aliphatic carbocycles. The van der Waals surface area contributed by atoms with Gasteiger partial charge in [0.05, 0.1) is 5.69 Å². The Labute approximate surface area is 181 Å². The lowest BCUT2D eigenvalue weighted by atomic mass is 10.1. The van der Waals surface area contributed by atoms with Crippen LogP contribution in [0.25, 0.3) is 11.3 Å². The smallest absolute Gasteiger partial charge is 0.243 e. The van der Waals surface area contributed by atoms with Crippen molar-refractivity contribution < 1.29 is 9.32 Å². The van der Waals surface area contributed by atoms with Crippen LogP contribution in [0.2, 0.25) is 5.02 Å². The maximum Gasteiger partial charge on any atom is 0.243 e. The quantitative estimate of drug-likeness (QED) is 0.396. The summed E-state index contributed by atoms with van der Waals surface area (Å²) in [5.41, 5.74) is 8.78. The number of benzene rings is 2. The van der Waals surface area contributed by atoms with E-state index in [1.165, 1.54) is 0 Å². The van der Waals surface area contributed by atoms with Crippen LogP contribution in [0.4, 0.5) is 10.7 Å². The number of halogens is 1. The van der Waals surface area contributed by atoms with Crippen LogP contribution in [0.5, 0.6) is 0 Å². The minimum absolute atomic E-state index is 0.0627. The van der Waals surface area contributed by atoms with E-state index in [1.54, 1.807) is 12.1 Å². The number of nitrogens with two attached hydrogens (primary N) is 1. The van der Waals surface area contributed by atoms with Gasteiger partial charge in [-0.25, -0.2) is 0 Å². The lowest BCUT2D eigenvalue weighted by molar-refractivity contribution is 0.100. The van der Waals surface area contributed by atoms with Crippen molar-refractivity contribution in [2.45, 2.75) is 6.54 Å². The molecule has 0 bridgehead atoms. The minimum Gasteiger partial charge on any atom is -0.396 e. The van der Waals surface area contributed by atoms with Crippen LogP contribution < -0.4 is 11.1 Å². The summed E-state index contributed by atoms with van der Waals surface area (Å²) in [7, 11) is 0. The second-order valence-electron chi connectivity index (χ2n) is 6.42. The third-order valence-corrected chi connectivity index (χ3v) is 5.81. The minimum atomic E-state index is -0.417. The highest BCUT2D eigenvalue weighted by Crippen LogP contribution is 2.37.